The SMILES string of the molecule is O=C(CC[C@H]1CN(c2cc(F)c(N3CCON(CC4CC4)CC3)c(F)c2)C(=O)O1)C(F)F. The van der Waals surface area contributed by atoms with E-state index in [0.717, 1.165) is 23.6 Å². The molecular weight excluding hydrogens is 434 g/mol. The van der Waals surface area contributed by atoms with Crippen molar-refractivity contribution in [2.75, 3.05) is 49.1 Å². The third-order valence-corrected chi connectivity index (χ3v) is 5.87. The number of hydrogen-bond donors (Lipinski definition) is 0. The second-order valence-electron chi connectivity index (χ2n) is 8.33. The van der Waals surface area contributed by atoms with Crippen LogP contribution in [0.15, 0.2) is 12.1 Å². The number of ether oxygens (including phenoxy) is 1. The van der Waals surface area contributed by atoms with Crippen LogP contribution in [0.1, 0.15) is 25.7 Å². The average molecular weight is 459 g/mol. The number of cyclic esters (lactones) is 1. The van der Waals surface area contributed by atoms with Gasteiger partial charge in [0.15, 0.2) is 17.4 Å². The quantitative estimate of drug-likeness (QED) is 0.556. The van der Waals surface area contributed by atoms with Crippen molar-refractivity contribution < 1.29 is 36.7 Å². The van der Waals surface area contributed by atoms with E-state index in [0.29, 0.717) is 32.2 Å². The maximum Gasteiger partial charge on any atom is 0.414 e. The highest BCUT2D eigenvalue weighted by atomic mass is 19.3. The van der Waals surface area contributed by atoms with Gasteiger partial charge in [0, 0.05) is 44.7 Å². The number of carbonyl (C=O) groups is 2. The summed E-state index contributed by atoms with van der Waals surface area (Å²) < 4.78 is 59.6. The number of Topliss-reactive ketones (excluding diaryl/α,β-unsaturated/α-hetero) is 1. The first kappa shape index (κ1) is 22.8. The number of carbonyl (C=O) groups excluding carboxylic acids is 2. The molecule has 0 aromatic heterocycles. The molecule has 32 heavy (non-hydrogen) atoms. The molecule has 0 unspecified atom stereocenters. The van der Waals surface area contributed by atoms with Crippen LogP contribution < -0.4 is 9.80 Å². The monoisotopic (exact) mass is 459 g/mol. The fraction of sp³-hybridized carbons (Fsp3) is 0.619. The van der Waals surface area contributed by atoms with Crippen molar-refractivity contribution in [3.8, 4) is 0 Å². The second-order valence-corrected chi connectivity index (χ2v) is 8.33. The van der Waals surface area contributed by atoms with E-state index in [9.17, 15) is 27.2 Å². The molecule has 176 valence electrons. The molecule has 2 heterocycles. The Morgan fingerprint density at radius 2 is 1.84 bits per heavy atom. The summed E-state index contributed by atoms with van der Waals surface area (Å²) in [5, 5.41) is 1.85. The number of alkyl halides is 2. The lowest BCUT2D eigenvalue weighted by Gasteiger charge is -2.24. The van der Waals surface area contributed by atoms with Gasteiger partial charge in [-0.15, -0.1) is 0 Å². The molecule has 1 atom stereocenters. The average Bonchev–Trinajstić information content (AvgIpc) is 3.51. The third kappa shape index (κ3) is 5.32. The summed E-state index contributed by atoms with van der Waals surface area (Å²) in [4.78, 5) is 31.5. The molecule has 0 N–H and O–H groups in total. The van der Waals surface area contributed by atoms with Gasteiger partial charge in [-0.3, -0.25) is 14.5 Å². The topological polar surface area (TPSA) is 62.3 Å². The molecule has 11 heteroatoms. The zero-order valence-electron chi connectivity index (χ0n) is 17.4. The Morgan fingerprint density at radius 1 is 1.12 bits per heavy atom. The minimum absolute atomic E-state index is 0.0298. The fourth-order valence-corrected chi connectivity index (χ4v) is 3.95. The number of halogens is 4. The number of hydroxylamine groups is 2. The van der Waals surface area contributed by atoms with Gasteiger partial charge in [-0.2, -0.15) is 5.06 Å². The predicted molar refractivity (Wildman–Crippen MR) is 107 cm³/mol. The number of benzene rings is 1. The van der Waals surface area contributed by atoms with E-state index in [1.54, 1.807) is 4.90 Å². The highest BCUT2D eigenvalue weighted by molar-refractivity contribution is 5.90. The molecule has 1 amide bonds. The molecule has 7 nitrogen and oxygen atoms in total. The highest BCUT2D eigenvalue weighted by Gasteiger charge is 2.34. The van der Waals surface area contributed by atoms with Crippen LogP contribution in [0.2, 0.25) is 0 Å². The summed E-state index contributed by atoms with van der Waals surface area (Å²) in [5.41, 5.74) is -0.213. The van der Waals surface area contributed by atoms with Gasteiger partial charge < -0.3 is 9.64 Å². The molecule has 2 saturated heterocycles. The fourth-order valence-electron chi connectivity index (χ4n) is 3.95. The molecular formula is C21H25F4N3O4. The van der Waals surface area contributed by atoms with Crippen LogP contribution in [0.3, 0.4) is 0 Å². The first-order chi connectivity index (χ1) is 15.3. The van der Waals surface area contributed by atoms with Crippen LogP contribution in [-0.2, 0) is 14.4 Å². The molecule has 1 aromatic rings. The second kappa shape index (κ2) is 9.62. The van der Waals surface area contributed by atoms with Gasteiger partial charge in [0.05, 0.1) is 18.8 Å². The Bertz CT molecular complexity index is 844. The van der Waals surface area contributed by atoms with E-state index < -0.39 is 42.5 Å². The molecule has 1 aliphatic carbocycles. The largest absolute Gasteiger partial charge is 0.444 e. The molecule has 3 aliphatic rings. The number of hydrogen-bond acceptors (Lipinski definition) is 6. The standard InChI is InChI=1S/C21H25F4N3O4/c22-16-9-14(28-12-15(32-21(28)30)3-4-18(29)20(24)25)10-17(23)19(16)26-5-6-27(31-8-7-26)11-13-1-2-13/h9-10,13,15,20H,1-8,11-12H2/t15-/m0/s1. The summed E-state index contributed by atoms with van der Waals surface area (Å²) >= 11 is 0. The normalized spacial score (nSPS) is 22.4. The van der Waals surface area contributed by atoms with Gasteiger partial charge in [-0.1, -0.05) is 0 Å². The summed E-state index contributed by atoms with van der Waals surface area (Å²) in [6, 6.07) is 2.11. The smallest absolute Gasteiger partial charge is 0.414 e. The molecule has 1 saturated carbocycles. The lowest BCUT2D eigenvalue weighted by atomic mass is 10.1. The number of amides is 1. The van der Waals surface area contributed by atoms with E-state index in [1.165, 1.54) is 12.8 Å². The summed E-state index contributed by atoms with van der Waals surface area (Å²) in [7, 11) is 0. The Hall–Kier alpha value is -2.40. The Morgan fingerprint density at radius 3 is 2.50 bits per heavy atom. The number of nitrogens with zero attached hydrogens (tertiary/aromatic N) is 3. The third-order valence-electron chi connectivity index (χ3n) is 5.87. The van der Waals surface area contributed by atoms with Crippen molar-refractivity contribution >= 4 is 23.3 Å². The van der Waals surface area contributed by atoms with E-state index in [1.807, 2.05) is 5.06 Å². The minimum atomic E-state index is -3.08. The molecule has 0 radical (unpaired) electrons. The van der Waals surface area contributed by atoms with Gasteiger partial charge in [-0.25, -0.2) is 22.4 Å². The van der Waals surface area contributed by atoms with Crippen LogP contribution >= 0.6 is 0 Å². The lowest BCUT2D eigenvalue weighted by Crippen LogP contribution is -2.32. The van der Waals surface area contributed by atoms with Crippen LogP contribution in [0.5, 0.6) is 0 Å². The van der Waals surface area contributed by atoms with E-state index in [-0.39, 0.29) is 24.3 Å². The molecule has 3 fully saturated rings. The zero-order chi connectivity index (χ0) is 22.8. The van der Waals surface area contributed by atoms with Crippen LogP contribution in [0.25, 0.3) is 0 Å². The Labute approximate surface area is 182 Å². The van der Waals surface area contributed by atoms with Crippen molar-refractivity contribution in [3.05, 3.63) is 23.8 Å². The number of ketones is 1. The number of anilines is 2. The summed E-state index contributed by atoms with van der Waals surface area (Å²) in [6.45, 7) is 2.28. The van der Waals surface area contributed by atoms with Gasteiger partial charge >= 0.3 is 6.09 Å². The van der Waals surface area contributed by atoms with Crippen LogP contribution in [0, 0.1) is 17.6 Å². The van der Waals surface area contributed by atoms with Crippen molar-refractivity contribution in [2.24, 2.45) is 5.92 Å². The zero-order valence-corrected chi connectivity index (χ0v) is 17.4. The molecule has 2 aliphatic heterocycles. The van der Waals surface area contributed by atoms with Crippen molar-refractivity contribution in [1.82, 2.24) is 5.06 Å². The van der Waals surface area contributed by atoms with Gasteiger partial charge in [0.25, 0.3) is 6.43 Å². The van der Waals surface area contributed by atoms with Crippen molar-refractivity contribution in [2.45, 2.75) is 38.2 Å². The Balaban J connectivity index is 1.41. The van der Waals surface area contributed by atoms with Crippen LogP contribution in [0.4, 0.5) is 33.7 Å². The van der Waals surface area contributed by atoms with E-state index >= 15 is 0 Å². The van der Waals surface area contributed by atoms with E-state index in [4.69, 9.17) is 9.57 Å². The maximum atomic E-state index is 14.9. The van der Waals surface area contributed by atoms with E-state index in [2.05, 4.69) is 0 Å². The maximum absolute atomic E-state index is 14.9. The molecule has 1 aromatic carbocycles. The Kier molecular flexibility index (Phi) is 6.85. The van der Waals surface area contributed by atoms with Gasteiger partial charge in [0.1, 0.15) is 11.8 Å². The molecule has 4 rings (SSSR count). The van der Waals surface area contributed by atoms with Crippen molar-refractivity contribution in [1.29, 1.82) is 0 Å². The van der Waals surface area contributed by atoms with Gasteiger partial charge in [-0.05, 0) is 25.2 Å². The molecule has 0 bridgehead atoms. The van der Waals surface area contributed by atoms with Crippen LogP contribution in [-0.4, -0.2) is 68.8 Å². The van der Waals surface area contributed by atoms with Gasteiger partial charge in [0.2, 0.25) is 0 Å². The van der Waals surface area contributed by atoms with Crippen molar-refractivity contribution in [3.63, 3.8) is 0 Å². The lowest BCUT2D eigenvalue weighted by molar-refractivity contribution is -0.150. The highest BCUT2D eigenvalue weighted by Crippen LogP contribution is 2.33. The molecule has 0 spiro atoms. The summed E-state index contributed by atoms with van der Waals surface area (Å²) in [6.07, 6.45) is -2.91. The summed E-state index contributed by atoms with van der Waals surface area (Å²) in [5.74, 6) is -2.25. The minimum Gasteiger partial charge on any atom is -0.444 e. The number of rotatable bonds is 8. The first-order valence-electron chi connectivity index (χ1n) is 10.7. The first-order valence-corrected chi connectivity index (χ1v) is 10.7. The predicted octanol–water partition coefficient (Wildman–Crippen LogP) is 3.37.